The normalized spacial score (nSPS) is 19.8. The molecule has 2 fully saturated rings. The van der Waals surface area contributed by atoms with Gasteiger partial charge in [-0.05, 0) is 25.0 Å². The molecule has 0 bridgehead atoms. The maximum absolute atomic E-state index is 12.8. The smallest absolute Gasteiger partial charge is 0.325 e. The molecule has 0 radical (unpaired) electrons. The summed E-state index contributed by atoms with van der Waals surface area (Å²) in [5.41, 5.74) is -0.502. The molecule has 30 heavy (non-hydrogen) atoms. The van der Waals surface area contributed by atoms with Gasteiger partial charge in [-0.3, -0.25) is 19.8 Å². The Labute approximate surface area is 173 Å². The average Bonchev–Trinajstić information content (AvgIpc) is 2.88. The first-order valence-electron chi connectivity index (χ1n) is 10.1. The molecule has 4 rings (SSSR count). The van der Waals surface area contributed by atoms with E-state index < -0.39 is 36.0 Å². The van der Waals surface area contributed by atoms with Gasteiger partial charge in [0.25, 0.3) is 5.91 Å². The van der Waals surface area contributed by atoms with Gasteiger partial charge in [-0.25, -0.2) is 9.59 Å². The number of anilines is 1. The second-order valence-corrected chi connectivity index (χ2v) is 7.68. The summed E-state index contributed by atoms with van der Waals surface area (Å²) in [4.78, 5) is 50.4. The van der Waals surface area contributed by atoms with Gasteiger partial charge >= 0.3 is 12.1 Å². The van der Waals surface area contributed by atoms with E-state index in [2.05, 4.69) is 16.0 Å². The number of hydrogen-bond donors (Lipinski definition) is 3. The number of fused-ring (bicyclic) bond motifs is 1. The van der Waals surface area contributed by atoms with Gasteiger partial charge in [0.1, 0.15) is 25.3 Å². The zero-order valence-corrected chi connectivity index (χ0v) is 16.5. The van der Waals surface area contributed by atoms with Crippen LogP contribution >= 0.6 is 0 Å². The third kappa shape index (κ3) is 4.03. The maximum Gasteiger partial charge on any atom is 0.325 e. The number of amides is 6. The zero-order valence-electron chi connectivity index (χ0n) is 16.5. The van der Waals surface area contributed by atoms with Gasteiger partial charge in [-0.2, -0.15) is 0 Å². The maximum atomic E-state index is 12.8. The van der Waals surface area contributed by atoms with Crippen LogP contribution in [0, 0.1) is 0 Å². The van der Waals surface area contributed by atoms with E-state index >= 15 is 0 Å². The van der Waals surface area contributed by atoms with E-state index in [0.717, 1.165) is 30.6 Å². The molecule has 160 valence electrons. The topological polar surface area (TPSA) is 126 Å². The van der Waals surface area contributed by atoms with Crippen LogP contribution in [-0.2, 0) is 9.59 Å². The lowest BCUT2D eigenvalue weighted by molar-refractivity contribution is -0.135. The molecule has 1 aromatic rings. The number of nitrogens with zero attached hydrogens (tertiary/aromatic N) is 1. The molecule has 0 unspecified atom stereocenters. The van der Waals surface area contributed by atoms with Gasteiger partial charge in [0.05, 0.1) is 0 Å². The molecule has 6 amide bonds. The van der Waals surface area contributed by atoms with E-state index in [1.54, 1.807) is 18.2 Å². The number of ether oxygens (including phenoxy) is 2. The van der Waals surface area contributed by atoms with Crippen LogP contribution in [0.25, 0.3) is 0 Å². The molecule has 1 aromatic carbocycles. The fourth-order valence-electron chi connectivity index (χ4n) is 4.08. The molecular formula is C20H24N4O6. The first-order valence-corrected chi connectivity index (χ1v) is 10.1. The second-order valence-electron chi connectivity index (χ2n) is 7.68. The highest BCUT2D eigenvalue weighted by atomic mass is 16.6. The fraction of sp³-hybridized carbons (Fsp3) is 0.500. The number of carbonyl (C=O) groups excluding carboxylic acids is 4. The Kier molecular flexibility index (Phi) is 5.47. The Bertz CT molecular complexity index is 878. The van der Waals surface area contributed by atoms with E-state index in [-0.39, 0.29) is 0 Å². The predicted molar refractivity (Wildman–Crippen MR) is 105 cm³/mol. The Hall–Kier alpha value is -3.30. The molecule has 1 spiro atoms. The number of hydrogen-bond acceptors (Lipinski definition) is 6. The summed E-state index contributed by atoms with van der Waals surface area (Å²) in [6.45, 7) is 0.356. The molecule has 10 nitrogen and oxygen atoms in total. The van der Waals surface area contributed by atoms with Gasteiger partial charge in [-0.1, -0.05) is 25.7 Å². The summed E-state index contributed by atoms with van der Waals surface area (Å²) in [5, 5.41) is 7.44. The number of carbonyl (C=O) groups is 4. The van der Waals surface area contributed by atoms with Crippen LogP contribution in [-0.4, -0.2) is 54.1 Å². The van der Waals surface area contributed by atoms with Crippen molar-refractivity contribution in [2.75, 3.05) is 25.1 Å². The summed E-state index contributed by atoms with van der Waals surface area (Å²) < 4.78 is 10.9. The van der Waals surface area contributed by atoms with Gasteiger partial charge in [0, 0.05) is 11.8 Å². The largest absolute Gasteiger partial charge is 0.486 e. The molecule has 3 aliphatic rings. The van der Waals surface area contributed by atoms with Crippen LogP contribution in [0.2, 0.25) is 0 Å². The first-order chi connectivity index (χ1) is 14.5. The van der Waals surface area contributed by atoms with Crippen molar-refractivity contribution in [1.29, 1.82) is 0 Å². The molecule has 1 saturated carbocycles. The SMILES string of the molecule is O=C(CN1C(=O)NC2(CCCCCC2)C1=O)NC(=O)Nc1ccc2c(c1)OCCO2. The summed E-state index contributed by atoms with van der Waals surface area (Å²) in [7, 11) is 0. The highest BCUT2D eigenvalue weighted by molar-refractivity contribution is 6.10. The Balaban J connectivity index is 1.33. The Morgan fingerprint density at radius 2 is 1.73 bits per heavy atom. The summed E-state index contributed by atoms with van der Waals surface area (Å²) in [6.07, 6.45) is 4.88. The fourth-order valence-corrected chi connectivity index (χ4v) is 4.08. The number of rotatable bonds is 3. The van der Waals surface area contributed by atoms with Gasteiger partial charge in [0.15, 0.2) is 11.5 Å². The van der Waals surface area contributed by atoms with Crippen molar-refractivity contribution in [1.82, 2.24) is 15.5 Å². The molecule has 1 saturated heterocycles. The minimum absolute atomic E-state index is 0.392. The molecule has 10 heteroatoms. The van der Waals surface area contributed by atoms with Gasteiger partial charge < -0.3 is 20.1 Å². The Morgan fingerprint density at radius 3 is 2.47 bits per heavy atom. The second kappa shape index (κ2) is 8.21. The third-order valence-corrected chi connectivity index (χ3v) is 5.56. The van der Waals surface area contributed by atoms with Crippen molar-refractivity contribution in [3.8, 4) is 11.5 Å². The summed E-state index contributed by atoms with van der Waals surface area (Å²) in [5.74, 6) is -0.0660. The van der Waals surface area contributed by atoms with Crippen LogP contribution in [0.4, 0.5) is 15.3 Å². The third-order valence-electron chi connectivity index (χ3n) is 5.56. The van der Waals surface area contributed by atoms with E-state index in [4.69, 9.17) is 9.47 Å². The van der Waals surface area contributed by atoms with Crippen LogP contribution in [0.1, 0.15) is 38.5 Å². The van der Waals surface area contributed by atoms with Crippen LogP contribution in [0.5, 0.6) is 11.5 Å². The van der Waals surface area contributed by atoms with E-state index in [1.807, 2.05) is 0 Å². The predicted octanol–water partition coefficient (Wildman–Crippen LogP) is 1.75. The monoisotopic (exact) mass is 416 g/mol. The minimum Gasteiger partial charge on any atom is -0.486 e. The van der Waals surface area contributed by atoms with E-state index in [1.165, 1.54) is 0 Å². The quantitative estimate of drug-likeness (QED) is 0.645. The number of benzene rings is 1. The Morgan fingerprint density at radius 1 is 1.03 bits per heavy atom. The van der Waals surface area contributed by atoms with E-state index in [0.29, 0.717) is 43.2 Å². The van der Waals surface area contributed by atoms with Crippen molar-refractivity contribution in [3.63, 3.8) is 0 Å². The highest BCUT2D eigenvalue weighted by Gasteiger charge is 2.51. The van der Waals surface area contributed by atoms with E-state index in [9.17, 15) is 19.2 Å². The standard InChI is InChI=1S/C20H24N4O6/c25-16(12-24-17(26)20(23-19(24)28)7-3-1-2-4-8-20)22-18(27)21-13-5-6-14-15(11-13)30-10-9-29-14/h5-6,11H,1-4,7-10,12H2,(H,23,28)(H2,21,22,25,27). The van der Waals surface area contributed by atoms with Crippen molar-refractivity contribution < 1.29 is 28.7 Å². The molecule has 3 N–H and O–H groups in total. The molecule has 2 heterocycles. The van der Waals surface area contributed by atoms with Crippen molar-refractivity contribution in [2.24, 2.45) is 0 Å². The molecule has 2 aliphatic heterocycles. The number of imide groups is 2. The summed E-state index contributed by atoms with van der Waals surface area (Å²) in [6, 6.07) is 3.50. The molecular weight excluding hydrogens is 392 g/mol. The first kappa shape index (κ1) is 20.0. The summed E-state index contributed by atoms with van der Waals surface area (Å²) >= 11 is 0. The lowest BCUT2D eigenvalue weighted by Gasteiger charge is -2.24. The van der Waals surface area contributed by atoms with Crippen LogP contribution < -0.4 is 25.4 Å². The zero-order chi connectivity index (χ0) is 21.1. The average molecular weight is 416 g/mol. The molecule has 0 aromatic heterocycles. The van der Waals surface area contributed by atoms with Crippen LogP contribution in [0.3, 0.4) is 0 Å². The number of urea groups is 2. The van der Waals surface area contributed by atoms with Gasteiger partial charge in [0.2, 0.25) is 5.91 Å². The highest BCUT2D eigenvalue weighted by Crippen LogP contribution is 2.33. The van der Waals surface area contributed by atoms with Crippen molar-refractivity contribution in [2.45, 2.75) is 44.1 Å². The van der Waals surface area contributed by atoms with Gasteiger partial charge in [-0.15, -0.1) is 0 Å². The lowest BCUT2D eigenvalue weighted by atomic mass is 9.90. The van der Waals surface area contributed by atoms with Crippen molar-refractivity contribution >= 4 is 29.6 Å². The van der Waals surface area contributed by atoms with Crippen molar-refractivity contribution in [3.05, 3.63) is 18.2 Å². The number of nitrogens with one attached hydrogen (secondary N) is 3. The lowest BCUT2D eigenvalue weighted by Crippen LogP contribution is -2.47. The van der Waals surface area contributed by atoms with Crippen LogP contribution in [0.15, 0.2) is 18.2 Å². The molecule has 0 atom stereocenters. The minimum atomic E-state index is -0.915. The molecule has 1 aliphatic carbocycles.